The van der Waals surface area contributed by atoms with Crippen LogP contribution in [0.1, 0.15) is 44.9 Å². The lowest BCUT2D eigenvalue weighted by Crippen LogP contribution is -2.27. The van der Waals surface area contributed by atoms with Crippen LogP contribution in [0, 0.1) is 22.7 Å². The van der Waals surface area contributed by atoms with Gasteiger partial charge in [-0.25, -0.2) is 4.98 Å². The molecule has 2 aliphatic rings. The number of hydrogen-bond donors (Lipinski definition) is 2. The molecule has 2 fully saturated rings. The molecule has 1 saturated carbocycles. The first-order chi connectivity index (χ1) is 14.1. The third-order valence-corrected chi connectivity index (χ3v) is 5.18. The molecule has 2 aromatic rings. The minimum absolute atomic E-state index is 0.140. The Labute approximate surface area is 170 Å². The summed E-state index contributed by atoms with van der Waals surface area (Å²) in [5, 5.41) is 21.7. The molecule has 158 valence electrons. The summed E-state index contributed by atoms with van der Waals surface area (Å²) in [5.41, 5.74) is 0.391. The molecular weight excluding hydrogens is 375 g/mol. The van der Waals surface area contributed by atoms with Gasteiger partial charge in [-0.05, 0) is 54.1 Å². The summed E-state index contributed by atoms with van der Waals surface area (Å²) >= 11 is 0. The molecule has 1 saturated heterocycles. The summed E-state index contributed by atoms with van der Waals surface area (Å²) in [5.74, 6) is 1.02. The maximum atomic E-state index is 12.2. The number of nitroso groups, excluding NO2 is 1. The van der Waals surface area contributed by atoms with Crippen molar-refractivity contribution < 1.29 is 14.6 Å². The highest BCUT2D eigenvalue weighted by Gasteiger charge is 2.36. The number of nitrogens with zero attached hydrogens (tertiary/aromatic N) is 4. The van der Waals surface area contributed by atoms with Gasteiger partial charge >= 0.3 is 0 Å². The molecule has 1 unspecified atom stereocenters. The van der Waals surface area contributed by atoms with Crippen LogP contribution in [0.3, 0.4) is 0 Å². The van der Waals surface area contributed by atoms with Crippen molar-refractivity contribution in [3.63, 3.8) is 0 Å². The molecule has 0 radical (unpaired) electrons. The Bertz CT molecular complexity index is 748. The van der Waals surface area contributed by atoms with E-state index in [1.807, 2.05) is 13.8 Å². The lowest BCUT2D eigenvalue weighted by Gasteiger charge is -2.20. The number of hydrogen-bond acceptors (Lipinski definition) is 7. The molecule has 0 bridgehead atoms. The molecule has 2 N–H and O–H groups in total. The molecule has 2 aromatic heterocycles. The van der Waals surface area contributed by atoms with Crippen LogP contribution in [0.4, 0.5) is 10.1 Å². The minimum atomic E-state index is -0.826. The van der Waals surface area contributed by atoms with E-state index in [-0.39, 0.29) is 11.4 Å². The Morgan fingerprint density at radius 2 is 1.90 bits per heavy atom. The summed E-state index contributed by atoms with van der Waals surface area (Å²) in [7, 11) is 0. The summed E-state index contributed by atoms with van der Waals surface area (Å²) in [4.78, 5) is 19.3. The van der Waals surface area contributed by atoms with E-state index in [4.69, 9.17) is 0 Å². The van der Waals surface area contributed by atoms with Crippen LogP contribution in [0.25, 0.3) is 0 Å². The summed E-state index contributed by atoms with van der Waals surface area (Å²) in [6.45, 7) is 6.91. The van der Waals surface area contributed by atoms with Crippen molar-refractivity contribution >= 4 is 5.69 Å². The summed E-state index contributed by atoms with van der Waals surface area (Å²) in [6, 6.07) is 5.97. The highest BCUT2D eigenvalue weighted by Crippen LogP contribution is 2.38. The van der Waals surface area contributed by atoms with Crippen molar-refractivity contribution in [1.29, 1.82) is 0 Å². The Kier molecular flexibility index (Phi) is 9.08. The summed E-state index contributed by atoms with van der Waals surface area (Å²) in [6.07, 6.45) is 6.18. The Hall–Kier alpha value is -2.45. The van der Waals surface area contributed by atoms with Crippen LogP contribution in [0.2, 0.25) is 0 Å². The Morgan fingerprint density at radius 1 is 1.21 bits per heavy atom. The fourth-order valence-electron chi connectivity index (χ4n) is 3.86. The number of halogens is 1. The van der Waals surface area contributed by atoms with Crippen molar-refractivity contribution in [3.8, 4) is 5.75 Å². The number of likely N-dealkylation sites (tertiary alicyclic amines) is 1. The second-order valence-electron chi connectivity index (χ2n) is 7.03. The normalized spacial score (nSPS) is 21.2. The maximum absolute atomic E-state index is 12.2. The van der Waals surface area contributed by atoms with E-state index < -0.39 is 12.1 Å². The first-order valence-corrected chi connectivity index (χ1v) is 10.1. The zero-order valence-corrected chi connectivity index (χ0v) is 16.9. The van der Waals surface area contributed by atoms with Gasteiger partial charge in [0.1, 0.15) is 11.9 Å². The number of aliphatic hydroxyl groups is 1. The molecule has 4 rings (SSSR count). The standard InChI is InChI=1S/C14H20N2O2.C5H3FN2O.C2H6/c17-12-4-5-13(15-6-12)14(18)9-16-7-10-2-1-3-11(10)8-16;6-5-4(8-9)2-1-3-7-5;1-2/h4-6,10-11,14,17-18H,1-3,7-9H2;1-3H;1-2H3/t10-,11+,14?;;. The molecule has 0 amide bonds. The van der Waals surface area contributed by atoms with Crippen LogP contribution < -0.4 is 0 Å². The van der Waals surface area contributed by atoms with Crippen molar-refractivity contribution in [2.24, 2.45) is 17.0 Å². The van der Waals surface area contributed by atoms with E-state index >= 15 is 0 Å². The van der Waals surface area contributed by atoms with Crippen LogP contribution in [-0.4, -0.2) is 44.7 Å². The van der Waals surface area contributed by atoms with E-state index in [2.05, 4.69) is 20.0 Å². The molecule has 1 aliphatic carbocycles. The second-order valence-corrected chi connectivity index (χ2v) is 7.03. The van der Waals surface area contributed by atoms with Crippen molar-refractivity contribution in [3.05, 3.63) is 53.2 Å². The largest absolute Gasteiger partial charge is 0.506 e. The number of aliphatic hydroxyl groups excluding tert-OH is 1. The van der Waals surface area contributed by atoms with E-state index in [0.717, 1.165) is 24.9 Å². The summed E-state index contributed by atoms with van der Waals surface area (Å²) < 4.78 is 12.2. The van der Waals surface area contributed by atoms with Gasteiger partial charge in [0, 0.05) is 25.8 Å². The highest BCUT2D eigenvalue weighted by molar-refractivity contribution is 5.33. The number of aromatic nitrogens is 2. The first-order valence-electron chi connectivity index (χ1n) is 10.1. The van der Waals surface area contributed by atoms with Gasteiger partial charge in [-0.3, -0.25) is 9.88 Å². The minimum Gasteiger partial charge on any atom is -0.506 e. The molecule has 7 nitrogen and oxygen atoms in total. The predicted molar refractivity (Wildman–Crippen MR) is 109 cm³/mol. The lowest BCUT2D eigenvalue weighted by molar-refractivity contribution is 0.118. The van der Waals surface area contributed by atoms with Gasteiger partial charge < -0.3 is 10.2 Å². The fourth-order valence-corrected chi connectivity index (χ4v) is 3.86. The molecule has 0 aromatic carbocycles. The van der Waals surface area contributed by atoms with Crippen molar-refractivity contribution in [2.45, 2.75) is 39.2 Å². The number of pyridine rings is 2. The lowest BCUT2D eigenvalue weighted by atomic mass is 10.0. The maximum Gasteiger partial charge on any atom is 0.242 e. The molecule has 3 atom stereocenters. The van der Waals surface area contributed by atoms with Gasteiger partial charge in [0.25, 0.3) is 0 Å². The number of aromatic hydroxyl groups is 1. The van der Waals surface area contributed by atoms with Gasteiger partial charge in [-0.15, -0.1) is 4.91 Å². The van der Waals surface area contributed by atoms with Crippen LogP contribution in [0.5, 0.6) is 5.75 Å². The van der Waals surface area contributed by atoms with Gasteiger partial charge in [-0.1, -0.05) is 20.3 Å². The average Bonchev–Trinajstić information content (AvgIpc) is 3.32. The van der Waals surface area contributed by atoms with Crippen LogP contribution in [-0.2, 0) is 0 Å². The van der Waals surface area contributed by atoms with Gasteiger partial charge in [0.15, 0.2) is 5.69 Å². The van der Waals surface area contributed by atoms with E-state index in [9.17, 15) is 19.5 Å². The zero-order chi connectivity index (χ0) is 21.2. The average molecular weight is 404 g/mol. The quantitative estimate of drug-likeness (QED) is 0.585. The zero-order valence-electron chi connectivity index (χ0n) is 16.9. The predicted octanol–water partition coefficient (Wildman–Crippen LogP) is 4.20. The molecule has 29 heavy (non-hydrogen) atoms. The van der Waals surface area contributed by atoms with E-state index in [1.165, 1.54) is 43.8 Å². The van der Waals surface area contributed by atoms with Crippen LogP contribution >= 0.6 is 0 Å². The van der Waals surface area contributed by atoms with Gasteiger partial charge in [0.2, 0.25) is 5.95 Å². The number of fused-ring (bicyclic) bond motifs is 1. The van der Waals surface area contributed by atoms with E-state index in [1.54, 1.807) is 12.1 Å². The first kappa shape index (κ1) is 22.8. The molecule has 3 heterocycles. The number of rotatable bonds is 4. The third kappa shape index (κ3) is 6.54. The molecular formula is C21H29FN4O3. The fraction of sp³-hybridized carbons (Fsp3) is 0.524. The number of β-amino-alcohol motifs (C(OH)–C–C–N with tert-alkyl or cyclic N) is 1. The molecule has 8 heteroatoms. The van der Waals surface area contributed by atoms with Crippen LogP contribution in [0.15, 0.2) is 41.8 Å². The van der Waals surface area contributed by atoms with Gasteiger partial charge in [-0.2, -0.15) is 4.39 Å². The third-order valence-electron chi connectivity index (χ3n) is 5.18. The molecule has 1 aliphatic heterocycles. The van der Waals surface area contributed by atoms with Gasteiger partial charge in [0.05, 0.1) is 11.9 Å². The van der Waals surface area contributed by atoms with Crippen molar-refractivity contribution in [1.82, 2.24) is 14.9 Å². The highest BCUT2D eigenvalue weighted by atomic mass is 19.1. The SMILES string of the molecule is CC.O=Nc1cccnc1F.Oc1ccc(C(O)CN2C[C@H]3CCC[C@H]3C2)nc1. The van der Waals surface area contributed by atoms with Crippen molar-refractivity contribution in [2.75, 3.05) is 19.6 Å². The van der Waals surface area contributed by atoms with E-state index in [0.29, 0.717) is 12.2 Å². The Morgan fingerprint density at radius 3 is 2.41 bits per heavy atom. The Balaban J connectivity index is 0.000000231. The second kappa shape index (κ2) is 11.5. The monoisotopic (exact) mass is 404 g/mol. The smallest absolute Gasteiger partial charge is 0.242 e. The molecule has 0 spiro atoms. The topological polar surface area (TPSA) is 98.9 Å².